The van der Waals surface area contributed by atoms with Gasteiger partial charge >= 0.3 is 0 Å². The lowest BCUT2D eigenvalue weighted by Crippen LogP contribution is -2.18. The number of nitrogens with zero attached hydrogens (tertiary/aromatic N) is 1. The molecular weight excluding hydrogens is 459 g/mol. The smallest absolute Gasteiger partial charge is 0.272 e. The molecule has 148 valence electrons. The van der Waals surface area contributed by atoms with E-state index in [2.05, 4.69) is 26.5 Å². The van der Waals surface area contributed by atoms with E-state index in [-0.39, 0.29) is 11.7 Å². The molecule has 0 radical (unpaired) electrons. The van der Waals surface area contributed by atoms with Gasteiger partial charge in [0.2, 0.25) is 0 Å². The van der Waals surface area contributed by atoms with Gasteiger partial charge in [-0.2, -0.15) is 5.10 Å². The first-order valence-electron chi connectivity index (χ1n) is 8.69. The number of ether oxygens (including phenoxy) is 1. The van der Waals surface area contributed by atoms with E-state index in [1.165, 1.54) is 18.3 Å². The van der Waals surface area contributed by atoms with Gasteiger partial charge in [-0.25, -0.2) is 9.82 Å². The van der Waals surface area contributed by atoms with E-state index in [1.54, 1.807) is 36.4 Å². The molecule has 3 aromatic rings. The summed E-state index contributed by atoms with van der Waals surface area (Å²) in [6, 6.07) is 16.7. The van der Waals surface area contributed by atoms with E-state index in [9.17, 15) is 9.18 Å². The Kier molecular flexibility index (Phi) is 7.01. The molecule has 7 heteroatoms. The molecular formula is C22H17BrClFN2O2. The molecule has 4 nitrogen and oxygen atoms in total. The van der Waals surface area contributed by atoms with E-state index >= 15 is 0 Å². The molecule has 3 aromatic carbocycles. The van der Waals surface area contributed by atoms with Gasteiger partial charge in [0.1, 0.15) is 18.2 Å². The fourth-order valence-electron chi connectivity index (χ4n) is 2.49. The monoisotopic (exact) mass is 474 g/mol. The Morgan fingerprint density at radius 1 is 1.17 bits per heavy atom. The van der Waals surface area contributed by atoms with E-state index in [0.717, 1.165) is 21.2 Å². The van der Waals surface area contributed by atoms with Crippen LogP contribution < -0.4 is 10.2 Å². The fourth-order valence-corrected chi connectivity index (χ4v) is 3.32. The van der Waals surface area contributed by atoms with Gasteiger partial charge in [-0.1, -0.05) is 29.8 Å². The van der Waals surface area contributed by atoms with Crippen LogP contribution in [0.1, 0.15) is 27.0 Å². The minimum atomic E-state index is -0.385. The Hall–Kier alpha value is -2.70. The van der Waals surface area contributed by atoms with Crippen molar-refractivity contribution in [3.05, 3.63) is 98.2 Å². The molecule has 0 saturated heterocycles. The number of hydrazone groups is 1. The fraction of sp³-hybridized carbons (Fsp3) is 0.0909. The largest absolute Gasteiger partial charge is 0.488 e. The number of amides is 1. The molecule has 1 N–H and O–H groups in total. The van der Waals surface area contributed by atoms with Crippen molar-refractivity contribution in [1.29, 1.82) is 0 Å². The molecule has 0 saturated carbocycles. The Balaban J connectivity index is 1.59. The molecule has 0 aliphatic rings. The highest BCUT2D eigenvalue weighted by atomic mass is 79.9. The van der Waals surface area contributed by atoms with Crippen molar-refractivity contribution in [2.24, 2.45) is 5.10 Å². The van der Waals surface area contributed by atoms with Crippen LogP contribution >= 0.6 is 27.5 Å². The molecule has 0 spiro atoms. The second-order valence-electron chi connectivity index (χ2n) is 6.29. The zero-order chi connectivity index (χ0) is 20.8. The number of nitrogens with one attached hydrogen (secondary N) is 1. The number of halogens is 3. The van der Waals surface area contributed by atoms with Crippen LogP contribution in [0.25, 0.3) is 0 Å². The Labute approximate surface area is 181 Å². The Morgan fingerprint density at radius 3 is 2.62 bits per heavy atom. The lowest BCUT2D eigenvalue weighted by molar-refractivity contribution is 0.0955. The Morgan fingerprint density at radius 2 is 1.93 bits per heavy atom. The Bertz CT molecular complexity index is 1060. The molecule has 0 unspecified atom stereocenters. The molecule has 0 aliphatic heterocycles. The summed E-state index contributed by atoms with van der Waals surface area (Å²) in [5.74, 6) is -0.0261. The second-order valence-corrected chi connectivity index (χ2v) is 7.55. The highest BCUT2D eigenvalue weighted by molar-refractivity contribution is 9.10. The molecule has 1 amide bonds. The van der Waals surface area contributed by atoms with Crippen LogP contribution in [-0.4, -0.2) is 12.1 Å². The molecule has 0 bridgehead atoms. The number of carbonyl (C=O) groups is 1. The molecule has 0 aliphatic carbocycles. The van der Waals surface area contributed by atoms with Crippen LogP contribution in [0.3, 0.4) is 0 Å². The topological polar surface area (TPSA) is 50.7 Å². The third-order valence-electron chi connectivity index (χ3n) is 4.01. The first-order valence-corrected chi connectivity index (χ1v) is 9.86. The lowest BCUT2D eigenvalue weighted by atomic mass is 10.1. The van der Waals surface area contributed by atoms with Crippen molar-refractivity contribution in [2.45, 2.75) is 13.5 Å². The number of aryl methyl sites for hydroxylation is 1. The molecule has 0 heterocycles. The van der Waals surface area contributed by atoms with Crippen molar-refractivity contribution in [3.8, 4) is 5.75 Å². The van der Waals surface area contributed by atoms with E-state index in [0.29, 0.717) is 22.9 Å². The summed E-state index contributed by atoms with van der Waals surface area (Å²) in [7, 11) is 0. The number of benzene rings is 3. The quantitative estimate of drug-likeness (QED) is 0.357. The summed E-state index contributed by atoms with van der Waals surface area (Å²) in [6.45, 7) is 2.22. The predicted molar refractivity (Wildman–Crippen MR) is 116 cm³/mol. The van der Waals surface area contributed by atoms with Crippen LogP contribution in [0.2, 0.25) is 5.02 Å². The van der Waals surface area contributed by atoms with Gasteiger partial charge in [-0.05, 0) is 82.0 Å². The molecule has 3 rings (SSSR count). The second kappa shape index (κ2) is 9.67. The standard InChI is InChI=1S/C22H17BrClFN2O2/c1-14-2-8-18(20(24)10-14)22(28)27-26-12-16-5-9-21(19(23)11-16)29-13-15-3-6-17(25)7-4-15/h2-12H,13H2,1H3,(H,27,28)/b26-12-. The number of hydrogen-bond acceptors (Lipinski definition) is 3. The number of rotatable bonds is 6. The lowest BCUT2D eigenvalue weighted by Gasteiger charge is -2.09. The minimum Gasteiger partial charge on any atom is -0.488 e. The maximum atomic E-state index is 12.9. The third kappa shape index (κ3) is 5.89. The molecule has 0 fully saturated rings. The van der Waals surface area contributed by atoms with Crippen LogP contribution in [0.15, 0.2) is 70.2 Å². The predicted octanol–water partition coefficient (Wildman–Crippen LogP) is 5.89. The SMILES string of the molecule is Cc1ccc(C(=O)N/N=C\c2ccc(OCc3ccc(F)cc3)c(Br)c2)c(Cl)c1. The van der Waals surface area contributed by atoms with Crippen molar-refractivity contribution >= 4 is 39.7 Å². The maximum Gasteiger partial charge on any atom is 0.272 e. The van der Waals surface area contributed by atoms with E-state index in [4.69, 9.17) is 16.3 Å². The van der Waals surface area contributed by atoms with Crippen LogP contribution in [0.5, 0.6) is 5.75 Å². The zero-order valence-corrected chi connectivity index (χ0v) is 17.8. The van der Waals surface area contributed by atoms with Gasteiger partial charge in [-0.3, -0.25) is 4.79 Å². The highest BCUT2D eigenvalue weighted by Crippen LogP contribution is 2.26. The van der Waals surface area contributed by atoms with Gasteiger partial charge in [0.15, 0.2) is 0 Å². The first kappa shape index (κ1) is 21.0. The van der Waals surface area contributed by atoms with Crippen molar-refractivity contribution in [2.75, 3.05) is 0 Å². The molecule has 29 heavy (non-hydrogen) atoms. The van der Waals surface area contributed by atoms with E-state index < -0.39 is 0 Å². The summed E-state index contributed by atoms with van der Waals surface area (Å²) >= 11 is 9.54. The third-order valence-corrected chi connectivity index (χ3v) is 4.94. The van der Waals surface area contributed by atoms with Gasteiger partial charge in [-0.15, -0.1) is 0 Å². The summed E-state index contributed by atoms with van der Waals surface area (Å²) in [6.07, 6.45) is 1.52. The van der Waals surface area contributed by atoms with Crippen molar-refractivity contribution in [1.82, 2.24) is 5.43 Å². The normalized spacial score (nSPS) is 10.9. The highest BCUT2D eigenvalue weighted by Gasteiger charge is 2.09. The van der Waals surface area contributed by atoms with Gasteiger partial charge in [0.05, 0.1) is 21.3 Å². The molecule has 0 aromatic heterocycles. The van der Waals surface area contributed by atoms with Crippen molar-refractivity contribution in [3.63, 3.8) is 0 Å². The summed E-state index contributed by atoms with van der Waals surface area (Å²) in [5.41, 5.74) is 5.42. The maximum absolute atomic E-state index is 12.9. The summed E-state index contributed by atoms with van der Waals surface area (Å²) in [5, 5.41) is 4.35. The average Bonchev–Trinajstić information content (AvgIpc) is 2.68. The minimum absolute atomic E-state index is 0.282. The number of carbonyl (C=O) groups excluding carboxylic acids is 1. The summed E-state index contributed by atoms with van der Waals surface area (Å²) < 4.78 is 19.4. The zero-order valence-electron chi connectivity index (χ0n) is 15.5. The first-order chi connectivity index (χ1) is 13.9. The van der Waals surface area contributed by atoms with Gasteiger partial charge in [0.25, 0.3) is 5.91 Å². The van der Waals surface area contributed by atoms with E-state index in [1.807, 2.05) is 19.1 Å². The van der Waals surface area contributed by atoms with Crippen LogP contribution in [0.4, 0.5) is 4.39 Å². The number of hydrogen-bond donors (Lipinski definition) is 1. The molecule has 0 atom stereocenters. The van der Waals surface area contributed by atoms with Crippen LogP contribution in [0, 0.1) is 12.7 Å². The average molecular weight is 476 g/mol. The van der Waals surface area contributed by atoms with Gasteiger partial charge < -0.3 is 4.74 Å². The van der Waals surface area contributed by atoms with Crippen LogP contribution in [-0.2, 0) is 6.61 Å². The van der Waals surface area contributed by atoms with Gasteiger partial charge in [0, 0.05) is 0 Å². The van der Waals surface area contributed by atoms with Crippen molar-refractivity contribution < 1.29 is 13.9 Å². The summed E-state index contributed by atoms with van der Waals surface area (Å²) in [4.78, 5) is 12.2.